The molecule has 0 aromatic heterocycles. The van der Waals surface area contributed by atoms with E-state index in [1.807, 2.05) is 6.92 Å². The molecule has 14 heavy (non-hydrogen) atoms. The first-order valence-electron chi connectivity index (χ1n) is 4.36. The highest BCUT2D eigenvalue weighted by Crippen LogP contribution is 2.17. The van der Waals surface area contributed by atoms with Crippen LogP contribution in [0.1, 0.15) is 13.3 Å². The molecule has 1 saturated heterocycles. The minimum Gasteiger partial charge on any atom is -0.481 e. The minimum absolute atomic E-state index is 0.0480. The van der Waals surface area contributed by atoms with Crippen LogP contribution in [0.5, 0.6) is 0 Å². The van der Waals surface area contributed by atoms with Crippen LogP contribution in [0.25, 0.3) is 0 Å². The maximum Gasteiger partial charge on any atom is 0.407 e. The number of ether oxygens (including phenoxy) is 1. The summed E-state index contributed by atoms with van der Waals surface area (Å²) in [4.78, 5) is 21.0. The van der Waals surface area contributed by atoms with Gasteiger partial charge in [-0.05, 0) is 0 Å². The summed E-state index contributed by atoms with van der Waals surface area (Å²) in [5.41, 5.74) is 0. The normalized spacial score (nSPS) is 22.6. The predicted octanol–water partition coefficient (Wildman–Crippen LogP) is 0.691. The molecule has 1 aliphatic rings. The van der Waals surface area contributed by atoms with Gasteiger partial charge >= 0.3 is 12.1 Å². The Morgan fingerprint density at radius 2 is 2.57 bits per heavy atom. The van der Waals surface area contributed by atoms with Gasteiger partial charge in [0.1, 0.15) is 6.10 Å². The summed E-state index contributed by atoms with van der Waals surface area (Å²) in [5.74, 6) is -0.153. The van der Waals surface area contributed by atoms with Gasteiger partial charge in [0.15, 0.2) is 0 Å². The molecule has 80 valence electrons. The Kier molecular flexibility index (Phi) is 4.06. The fourth-order valence-corrected chi connectivity index (χ4v) is 2.09. The van der Waals surface area contributed by atoms with Crippen LogP contribution in [0.2, 0.25) is 0 Å². The van der Waals surface area contributed by atoms with Crippen LogP contribution in [0.15, 0.2) is 0 Å². The minimum atomic E-state index is -0.799. The van der Waals surface area contributed by atoms with Crippen LogP contribution in [0.3, 0.4) is 0 Å². The van der Waals surface area contributed by atoms with E-state index in [4.69, 9.17) is 9.84 Å². The quantitative estimate of drug-likeness (QED) is 0.711. The highest BCUT2D eigenvalue weighted by atomic mass is 32.2. The molecule has 1 rings (SSSR count). The molecule has 0 aromatic rings. The summed E-state index contributed by atoms with van der Waals surface area (Å²) in [7, 11) is 0. The molecular formula is C8H13NO4S. The zero-order valence-electron chi connectivity index (χ0n) is 7.86. The van der Waals surface area contributed by atoms with E-state index < -0.39 is 5.97 Å². The van der Waals surface area contributed by atoms with Gasteiger partial charge in [-0.15, -0.1) is 0 Å². The molecule has 0 aromatic carbocycles. The van der Waals surface area contributed by atoms with Gasteiger partial charge in [0.2, 0.25) is 0 Å². The fraction of sp³-hybridized carbons (Fsp3) is 0.750. The van der Waals surface area contributed by atoms with Crippen molar-refractivity contribution in [3.05, 3.63) is 0 Å². The van der Waals surface area contributed by atoms with Crippen molar-refractivity contribution in [2.24, 2.45) is 0 Å². The average molecular weight is 219 g/mol. The van der Waals surface area contributed by atoms with E-state index >= 15 is 0 Å². The Bertz CT molecular complexity index is 233. The van der Waals surface area contributed by atoms with Gasteiger partial charge < -0.3 is 15.2 Å². The predicted molar refractivity (Wildman–Crippen MR) is 52.4 cm³/mol. The number of hydrogen-bond donors (Lipinski definition) is 2. The average Bonchev–Trinajstić information content (AvgIpc) is 2.47. The SMILES string of the molecule is CC(CC(=O)O)SCC1CNC(=O)O1. The molecule has 1 heterocycles. The summed E-state index contributed by atoms with van der Waals surface area (Å²) in [6.07, 6.45) is -0.371. The number of carboxylic acids is 1. The molecule has 0 saturated carbocycles. The van der Waals surface area contributed by atoms with Crippen LogP contribution in [-0.2, 0) is 9.53 Å². The summed E-state index contributed by atoms with van der Waals surface area (Å²) in [6, 6.07) is 0. The van der Waals surface area contributed by atoms with Gasteiger partial charge in [-0.3, -0.25) is 4.79 Å². The second-order valence-electron chi connectivity index (χ2n) is 3.15. The lowest BCUT2D eigenvalue weighted by Gasteiger charge is -2.11. The highest BCUT2D eigenvalue weighted by Gasteiger charge is 2.23. The van der Waals surface area contributed by atoms with Gasteiger partial charge in [0, 0.05) is 11.0 Å². The Labute approximate surface area is 86.2 Å². The largest absolute Gasteiger partial charge is 0.481 e. The Morgan fingerprint density at radius 1 is 1.86 bits per heavy atom. The van der Waals surface area contributed by atoms with Crippen molar-refractivity contribution in [1.29, 1.82) is 0 Å². The number of hydrogen-bond acceptors (Lipinski definition) is 4. The van der Waals surface area contributed by atoms with E-state index in [9.17, 15) is 9.59 Å². The Balaban J connectivity index is 2.14. The lowest BCUT2D eigenvalue weighted by atomic mass is 10.3. The molecule has 2 N–H and O–H groups in total. The maximum atomic E-state index is 10.6. The van der Waals surface area contributed by atoms with Crippen molar-refractivity contribution in [2.75, 3.05) is 12.3 Å². The number of thioether (sulfide) groups is 1. The summed E-state index contributed by atoms with van der Waals surface area (Å²) < 4.78 is 4.90. The first-order chi connectivity index (χ1) is 6.58. The Morgan fingerprint density at radius 3 is 3.07 bits per heavy atom. The standard InChI is InChI=1S/C8H13NO4S/c1-5(2-7(10)11)14-4-6-3-9-8(12)13-6/h5-6H,2-4H2,1H3,(H,9,12)(H,10,11). The Hall–Kier alpha value is -0.910. The molecule has 1 amide bonds. The number of amides is 1. The molecule has 2 atom stereocenters. The van der Waals surface area contributed by atoms with Crippen molar-refractivity contribution >= 4 is 23.8 Å². The van der Waals surface area contributed by atoms with Gasteiger partial charge in [-0.25, -0.2) is 4.79 Å². The number of alkyl carbamates (subject to hydrolysis) is 1. The fourth-order valence-electron chi connectivity index (χ4n) is 1.10. The number of aliphatic carboxylic acids is 1. The second kappa shape index (κ2) is 5.09. The topological polar surface area (TPSA) is 75.6 Å². The number of carbonyl (C=O) groups excluding carboxylic acids is 1. The third-order valence-corrected chi connectivity index (χ3v) is 3.08. The van der Waals surface area contributed by atoms with Crippen LogP contribution in [0.4, 0.5) is 4.79 Å². The van der Waals surface area contributed by atoms with Crippen LogP contribution in [0, 0.1) is 0 Å². The number of carboxylic acid groups (broad SMARTS) is 1. The summed E-state index contributed by atoms with van der Waals surface area (Å²) in [5, 5.41) is 11.1. The number of carbonyl (C=O) groups is 2. The van der Waals surface area contributed by atoms with Crippen molar-refractivity contribution in [1.82, 2.24) is 5.32 Å². The van der Waals surface area contributed by atoms with Gasteiger partial charge in [0.25, 0.3) is 0 Å². The smallest absolute Gasteiger partial charge is 0.407 e. The molecular weight excluding hydrogens is 206 g/mol. The van der Waals surface area contributed by atoms with Crippen molar-refractivity contribution in [3.63, 3.8) is 0 Å². The van der Waals surface area contributed by atoms with Crippen LogP contribution in [-0.4, -0.2) is 40.8 Å². The molecule has 1 aliphatic heterocycles. The van der Waals surface area contributed by atoms with Crippen molar-refractivity contribution in [3.8, 4) is 0 Å². The molecule has 5 nitrogen and oxygen atoms in total. The number of cyclic esters (lactones) is 1. The lowest BCUT2D eigenvalue weighted by molar-refractivity contribution is -0.136. The van der Waals surface area contributed by atoms with Gasteiger partial charge in [-0.2, -0.15) is 11.8 Å². The molecule has 0 spiro atoms. The zero-order valence-corrected chi connectivity index (χ0v) is 8.67. The van der Waals surface area contributed by atoms with Crippen molar-refractivity contribution in [2.45, 2.75) is 24.7 Å². The molecule has 0 radical (unpaired) electrons. The summed E-state index contributed by atoms with van der Waals surface area (Å²) >= 11 is 1.51. The maximum absolute atomic E-state index is 10.6. The molecule has 6 heteroatoms. The van der Waals surface area contributed by atoms with E-state index in [2.05, 4.69) is 5.32 Å². The third kappa shape index (κ3) is 3.87. The summed E-state index contributed by atoms with van der Waals surface area (Å²) in [6.45, 7) is 2.37. The van der Waals surface area contributed by atoms with E-state index in [-0.39, 0.29) is 23.9 Å². The first kappa shape index (κ1) is 11.2. The zero-order chi connectivity index (χ0) is 10.6. The van der Waals surface area contributed by atoms with Crippen LogP contribution < -0.4 is 5.32 Å². The number of nitrogens with one attached hydrogen (secondary N) is 1. The lowest BCUT2D eigenvalue weighted by Crippen LogP contribution is -2.18. The monoisotopic (exact) mass is 219 g/mol. The molecule has 1 fully saturated rings. The van der Waals surface area contributed by atoms with Gasteiger partial charge in [0.05, 0.1) is 13.0 Å². The second-order valence-corrected chi connectivity index (χ2v) is 4.62. The van der Waals surface area contributed by atoms with E-state index in [0.717, 1.165) is 0 Å². The molecule has 2 unspecified atom stereocenters. The molecule has 0 aliphatic carbocycles. The van der Waals surface area contributed by atoms with E-state index in [0.29, 0.717) is 12.3 Å². The van der Waals surface area contributed by atoms with Crippen LogP contribution >= 0.6 is 11.8 Å². The first-order valence-corrected chi connectivity index (χ1v) is 5.40. The van der Waals surface area contributed by atoms with Crippen molar-refractivity contribution < 1.29 is 19.4 Å². The molecule has 0 bridgehead atoms. The van der Waals surface area contributed by atoms with E-state index in [1.165, 1.54) is 11.8 Å². The van der Waals surface area contributed by atoms with Gasteiger partial charge in [-0.1, -0.05) is 6.92 Å². The third-order valence-electron chi connectivity index (χ3n) is 1.78. The van der Waals surface area contributed by atoms with E-state index in [1.54, 1.807) is 0 Å². The number of rotatable bonds is 5. The highest BCUT2D eigenvalue weighted by molar-refractivity contribution is 7.99.